The molecule has 0 aromatic carbocycles. The van der Waals surface area contributed by atoms with Crippen LogP contribution in [-0.4, -0.2) is 70.0 Å². The number of alkyl halides is 3. The quantitative estimate of drug-likeness (QED) is 0.564. The summed E-state index contributed by atoms with van der Waals surface area (Å²) in [7, 11) is 0.895. The number of hydrogen-bond acceptors (Lipinski definition) is 9. The van der Waals surface area contributed by atoms with E-state index < -0.39 is 72.5 Å². The molecule has 1 aromatic heterocycles. The van der Waals surface area contributed by atoms with Crippen molar-refractivity contribution in [1.29, 1.82) is 0 Å². The summed E-state index contributed by atoms with van der Waals surface area (Å²) in [5, 5.41) is 23.7. The van der Waals surface area contributed by atoms with Crippen molar-refractivity contribution in [3.05, 3.63) is 11.8 Å². The molecule has 1 aromatic rings. The number of aliphatic hydroxyl groups excluding tert-OH is 1. The standard InChI is InChI=1S/C16H22F3N3O7/c1-14(2)28-10-8(6-23)27-13(11(10)29-14)22-12(20)7(5-21-22)15(25,16(17,18)19)4-9(24)26-3/h5,8,10-11,13,23,25H,4,6,20H2,1-3H3/t8-,10-,11-,13-,15?/m1/s1. The third-order valence-corrected chi connectivity index (χ3v) is 4.92. The molecule has 13 heteroatoms. The van der Waals surface area contributed by atoms with E-state index in [9.17, 15) is 28.2 Å². The smallest absolute Gasteiger partial charge is 0.422 e. The van der Waals surface area contributed by atoms with E-state index in [0.717, 1.165) is 11.8 Å². The van der Waals surface area contributed by atoms with Gasteiger partial charge in [0, 0.05) is 0 Å². The van der Waals surface area contributed by atoms with Gasteiger partial charge < -0.3 is 34.9 Å². The van der Waals surface area contributed by atoms with Gasteiger partial charge in [-0.25, -0.2) is 4.68 Å². The van der Waals surface area contributed by atoms with Crippen molar-refractivity contribution in [2.75, 3.05) is 19.5 Å². The fraction of sp³-hybridized carbons (Fsp3) is 0.750. The summed E-state index contributed by atoms with van der Waals surface area (Å²) in [4.78, 5) is 11.5. The van der Waals surface area contributed by atoms with Crippen LogP contribution in [0.25, 0.3) is 0 Å². The maximum Gasteiger partial charge on any atom is 0.422 e. The first-order valence-electron chi connectivity index (χ1n) is 8.66. The van der Waals surface area contributed by atoms with Gasteiger partial charge in [0.2, 0.25) is 5.60 Å². The summed E-state index contributed by atoms with van der Waals surface area (Å²) >= 11 is 0. The van der Waals surface area contributed by atoms with E-state index in [1.165, 1.54) is 0 Å². The van der Waals surface area contributed by atoms with E-state index in [4.69, 9.17) is 19.9 Å². The second-order valence-electron chi connectivity index (χ2n) is 7.31. The van der Waals surface area contributed by atoms with Crippen molar-refractivity contribution >= 4 is 11.8 Å². The van der Waals surface area contributed by atoms with Crippen molar-refractivity contribution in [2.45, 2.75) is 62.4 Å². The summed E-state index contributed by atoms with van der Waals surface area (Å²) < 4.78 is 63.1. The first-order chi connectivity index (χ1) is 13.3. The van der Waals surface area contributed by atoms with Crippen LogP contribution >= 0.6 is 0 Å². The zero-order chi connectivity index (χ0) is 21.8. The van der Waals surface area contributed by atoms with Crippen molar-refractivity contribution in [3.8, 4) is 0 Å². The first kappa shape index (κ1) is 21.8. The number of nitrogens with zero attached hydrogens (tertiary/aromatic N) is 2. The third-order valence-electron chi connectivity index (χ3n) is 4.92. The summed E-state index contributed by atoms with van der Waals surface area (Å²) in [5.74, 6) is -2.89. The number of hydrogen-bond donors (Lipinski definition) is 3. The van der Waals surface area contributed by atoms with Crippen molar-refractivity contribution in [2.24, 2.45) is 0 Å². The molecule has 5 atom stereocenters. The molecule has 0 bridgehead atoms. The Morgan fingerprint density at radius 1 is 1.38 bits per heavy atom. The predicted molar refractivity (Wildman–Crippen MR) is 88.0 cm³/mol. The number of halogens is 3. The van der Waals surface area contributed by atoms with E-state index >= 15 is 0 Å². The Kier molecular flexibility index (Phi) is 5.32. The van der Waals surface area contributed by atoms with Crippen LogP contribution in [0, 0.1) is 0 Å². The monoisotopic (exact) mass is 425 g/mol. The number of carbonyl (C=O) groups excluding carboxylic acids is 1. The van der Waals surface area contributed by atoms with Crippen LogP contribution < -0.4 is 5.73 Å². The lowest BCUT2D eigenvalue weighted by Crippen LogP contribution is -2.44. The van der Waals surface area contributed by atoms with Crippen LogP contribution in [0.4, 0.5) is 19.0 Å². The van der Waals surface area contributed by atoms with Crippen molar-refractivity contribution in [3.63, 3.8) is 0 Å². The fourth-order valence-electron chi connectivity index (χ4n) is 3.53. The Labute approximate surface area is 163 Å². The largest absolute Gasteiger partial charge is 0.469 e. The molecule has 2 fully saturated rings. The Balaban J connectivity index is 1.99. The van der Waals surface area contributed by atoms with Gasteiger partial charge in [0.1, 0.15) is 24.1 Å². The van der Waals surface area contributed by atoms with Crippen molar-refractivity contribution in [1.82, 2.24) is 9.78 Å². The molecule has 0 amide bonds. The molecule has 0 spiro atoms. The van der Waals surface area contributed by atoms with Gasteiger partial charge in [-0.3, -0.25) is 4.79 Å². The van der Waals surface area contributed by atoms with Gasteiger partial charge in [0.25, 0.3) is 0 Å². The van der Waals surface area contributed by atoms with Gasteiger partial charge in [-0.15, -0.1) is 0 Å². The lowest BCUT2D eigenvalue weighted by Gasteiger charge is -2.29. The number of aliphatic hydroxyl groups is 2. The number of rotatable bonds is 5. The fourth-order valence-corrected chi connectivity index (χ4v) is 3.53. The molecular weight excluding hydrogens is 403 g/mol. The number of esters is 1. The van der Waals surface area contributed by atoms with E-state index in [2.05, 4.69) is 9.84 Å². The molecule has 0 radical (unpaired) electrons. The highest BCUT2D eigenvalue weighted by atomic mass is 19.4. The topological polar surface area (TPSA) is 138 Å². The van der Waals surface area contributed by atoms with Crippen molar-refractivity contribution < 1.29 is 47.1 Å². The molecule has 10 nitrogen and oxygen atoms in total. The molecular formula is C16H22F3N3O7. The first-order valence-corrected chi connectivity index (χ1v) is 8.66. The molecule has 2 saturated heterocycles. The summed E-state index contributed by atoms with van der Waals surface area (Å²) in [5.41, 5.74) is 1.42. The molecule has 3 heterocycles. The van der Waals surface area contributed by atoms with Crippen LogP contribution in [0.15, 0.2) is 6.20 Å². The lowest BCUT2D eigenvalue weighted by molar-refractivity contribution is -0.269. The summed E-state index contributed by atoms with van der Waals surface area (Å²) in [6.45, 7) is 2.83. The molecule has 0 saturated carbocycles. The lowest BCUT2D eigenvalue weighted by atomic mass is 9.91. The average Bonchev–Trinajstić information content (AvgIpc) is 3.23. The minimum Gasteiger partial charge on any atom is -0.469 e. The molecule has 2 aliphatic heterocycles. The van der Waals surface area contributed by atoms with Gasteiger partial charge in [-0.1, -0.05) is 0 Å². The molecule has 3 rings (SSSR count). The van der Waals surface area contributed by atoms with Crippen LogP contribution in [0.3, 0.4) is 0 Å². The SMILES string of the molecule is COC(=O)CC(O)(c1cnn([C@@H]2O[C@H](CO)[C@H]3OC(C)(C)O[C@H]32)c1N)C(F)(F)F. The maximum absolute atomic E-state index is 13.6. The van der Waals surface area contributed by atoms with Gasteiger partial charge in [-0.05, 0) is 13.8 Å². The van der Waals surface area contributed by atoms with E-state index in [1.807, 2.05) is 0 Å². The normalized spacial score (nSPS) is 30.8. The molecule has 2 aliphatic rings. The van der Waals surface area contributed by atoms with Crippen LogP contribution in [0.2, 0.25) is 0 Å². The van der Waals surface area contributed by atoms with Gasteiger partial charge in [0.05, 0.1) is 31.9 Å². The second-order valence-corrected chi connectivity index (χ2v) is 7.31. The highest BCUT2D eigenvalue weighted by molar-refractivity contribution is 5.71. The summed E-state index contributed by atoms with van der Waals surface area (Å²) in [6.07, 6.45) is -9.42. The van der Waals surface area contributed by atoms with Crippen LogP contribution in [0.5, 0.6) is 0 Å². The molecule has 0 aliphatic carbocycles. The van der Waals surface area contributed by atoms with Gasteiger partial charge in [-0.2, -0.15) is 18.3 Å². The van der Waals surface area contributed by atoms with Gasteiger partial charge >= 0.3 is 12.1 Å². The third kappa shape index (κ3) is 3.57. The Morgan fingerprint density at radius 3 is 2.55 bits per heavy atom. The minimum absolute atomic E-state index is 0.431. The number of nitrogen functional groups attached to an aromatic ring is 1. The highest BCUT2D eigenvalue weighted by Crippen LogP contribution is 2.47. The Bertz CT molecular complexity index is 784. The molecule has 4 N–H and O–H groups in total. The van der Waals surface area contributed by atoms with E-state index in [1.54, 1.807) is 13.8 Å². The number of aromatic nitrogens is 2. The molecule has 1 unspecified atom stereocenters. The predicted octanol–water partition coefficient (Wildman–Crippen LogP) is 0.188. The van der Waals surface area contributed by atoms with E-state index in [-0.39, 0.29) is 0 Å². The zero-order valence-corrected chi connectivity index (χ0v) is 15.8. The highest BCUT2D eigenvalue weighted by Gasteiger charge is 2.60. The zero-order valence-electron chi connectivity index (χ0n) is 15.8. The second kappa shape index (κ2) is 7.09. The number of ether oxygens (including phenoxy) is 4. The number of fused-ring (bicyclic) bond motifs is 1. The van der Waals surface area contributed by atoms with E-state index in [0.29, 0.717) is 6.20 Å². The van der Waals surface area contributed by atoms with Gasteiger partial charge in [0.15, 0.2) is 12.0 Å². The molecule has 29 heavy (non-hydrogen) atoms. The summed E-state index contributed by atoms with van der Waals surface area (Å²) in [6, 6.07) is 0. The average molecular weight is 425 g/mol. The Morgan fingerprint density at radius 2 is 2.00 bits per heavy atom. The number of anilines is 1. The van der Waals surface area contributed by atoms with Crippen LogP contribution in [-0.2, 0) is 29.3 Å². The Hall–Kier alpha value is -1.93. The maximum atomic E-state index is 13.6. The number of carbonyl (C=O) groups is 1. The number of nitrogens with two attached hydrogens (primary N) is 1. The minimum atomic E-state index is -5.25. The van der Waals surface area contributed by atoms with Crippen LogP contribution in [0.1, 0.15) is 32.1 Å². The molecule has 164 valence electrons. The number of methoxy groups -OCH3 is 1.